The van der Waals surface area contributed by atoms with Crippen molar-refractivity contribution in [1.82, 2.24) is 20.7 Å². The van der Waals surface area contributed by atoms with Gasteiger partial charge in [-0.1, -0.05) is 0 Å². The standard InChI is InChI=1S/C25H32FN7O5S/c26-21-14-18(33-12-8-17(9-13-33)31-25-28-10-1-11-29-25)4-7-20(21)23(34)30-15-22(24(35)36)32-39(37,38)19-5-2-16(27)3-6-19/h2-7,14,17,22,32H,1,8-13,15,27H2,(H,30,34)(H,35,36)(H2,28,29,31). The molecule has 39 heavy (non-hydrogen) atoms. The number of anilines is 2. The topological polar surface area (TPSA) is 178 Å². The fourth-order valence-electron chi connectivity index (χ4n) is 4.36. The van der Waals surface area contributed by atoms with Crippen molar-refractivity contribution in [3.8, 4) is 0 Å². The number of aliphatic carboxylic acids is 1. The summed E-state index contributed by atoms with van der Waals surface area (Å²) in [4.78, 5) is 30.5. The number of nitrogens with one attached hydrogen (secondary N) is 4. The van der Waals surface area contributed by atoms with Crippen molar-refractivity contribution in [2.24, 2.45) is 4.99 Å². The minimum atomic E-state index is -4.20. The Morgan fingerprint density at radius 2 is 1.90 bits per heavy atom. The van der Waals surface area contributed by atoms with Gasteiger partial charge in [0.2, 0.25) is 10.0 Å². The lowest BCUT2D eigenvalue weighted by Gasteiger charge is -2.35. The average molecular weight is 562 g/mol. The highest BCUT2D eigenvalue weighted by Crippen LogP contribution is 2.23. The Morgan fingerprint density at radius 1 is 1.18 bits per heavy atom. The van der Waals surface area contributed by atoms with E-state index < -0.39 is 40.3 Å². The van der Waals surface area contributed by atoms with E-state index in [0.29, 0.717) is 24.5 Å². The number of benzene rings is 2. The molecular weight excluding hydrogens is 529 g/mol. The molecule has 210 valence electrons. The van der Waals surface area contributed by atoms with Gasteiger partial charge in [0, 0.05) is 50.1 Å². The van der Waals surface area contributed by atoms with E-state index >= 15 is 0 Å². The molecule has 0 radical (unpaired) electrons. The number of nitrogens with zero attached hydrogens (tertiary/aromatic N) is 2. The highest BCUT2D eigenvalue weighted by molar-refractivity contribution is 7.89. The third-order valence-electron chi connectivity index (χ3n) is 6.55. The summed E-state index contributed by atoms with van der Waals surface area (Å²) in [6, 6.07) is 8.01. The van der Waals surface area contributed by atoms with Crippen LogP contribution in [0.1, 0.15) is 29.6 Å². The SMILES string of the molecule is Nc1ccc(S(=O)(=O)NC(CNC(=O)c2ccc(N3CCC(NC4=NCCCN4)CC3)cc2F)C(=O)O)cc1. The Kier molecular flexibility index (Phi) is 8.86. The van der Waals surface area contributed by atoms with Crippen LogP contribution in [0.3, 0.4) is 0 Å². The van der Waals surface area contributed by atoms with Crippen LogP contribution in [0, 0.1) is 5.82 Å². The molecule has 2 aromatic carbocycles. The number of piperidine rings is 1. The Hall–Kier alpha value is -3.91. The molecule has 1 saturated heterocycles. The zero-order valence-corrected chi connectivity index (χ0v) is 22.0. The van der Waals surface area contributed by atoms with Gasteiger partial charge in [-0.25, -0.2) is 12.8 Å². The third kappa shape index (κ3) is 7.35. The second-order valence-corrected chi connectivity index (χ2v) is 11.1. The van der Waals surface area contributed by atoms with Crippen molar-refractivity contribution in [3.05, 3.63) is 53.8 Å². The molecule has 2 aliphatic rings. The van der Waals surface area contributed by atoms with E-state index in [1.165, 1.54) is 36.4 Å². The van der Waals surface area contributed by atoms with Crippen LogP contribution < -0.4 is 31.3 Å². The number of aliphatic imine (C=N–C) groups is 1. The minimum absolute atomic E-state index is 0.185. The van der Waals surface area contributed by atoms with Crippen molar-refractivity contribution >= 4 is 39.2 Å². The lowest BCUT2D eigenvalue weighted by atomic mass is 10.0. The molecule has 4 rings (SSSR count). The summed E-state index contributed by atoms with van der Waals surface area (Å²) in [5, 5.41) is 18.4. The monoisotopic (exact) mass is 561 g/mol. The smallest absolute Gasteiger partial charge is 0.323 e. The highest BCUT2D eigenvalue weighted by Gasteiger charge is 2.27. The van der Waals surface area contributed by atoms with Crippen LogP contribution in [0.4, 0.5) is 15.8 Å². The average Bonchev–Trinajstić information content (AvgIpc) is 2.92. The van der Waals surface area contributed by atoms with Crippen molar-refractivity contribution < 1.29 is 27.5 Å². The number of carboxylic acids is 1. The second kappa shape index (κ2) is 12.3. The van der Waals surface area contributed by atoms with Gasteiger partial charge in [0.15, 0.2) is 5.96 Å². The lowest BCUT2D eigenvalue weighted by molar-refractivity contribution is -0.138. The molecule has 1 unspecified atom stereocenters. The van der Waals surface area contributed by atoms with Crippen LogP contribution in [-0.2, 0) is 14.8 Å². The molecule has 2 heterocycles. The molecule has 2 aromatic rings. The molecule has 1 atom stereocenters. The summed E-state index contributed by atoms with van der Waals surface area (Å²) in [5.74, 6) is -2.31. The number of nitrogen functional groups attached to an aromatic ring is 1. The fourth-order valence-corrected chi connectivity index (χ4v) is 5.55. The normalized spacial score (nSPS) is 17.1. The highest BCUT2D eigenvalue weighted by atomic mass is 32.2. The first-order valence-corrected chi connectivity index (χ1v) is 14.1. The molecule has 7 N–H and O–H groups in total. The first-order chi connectivity index (χ1) is 18.6. The number of hydrogen-bond donors (Lipinski definition) is 6. The zero-order chi connectivity index (χ0) is 28.0. The quantitative estimate of drug-likeness (QED) is 0.238. The number of sulfonamides is 1. The van der Waals surface area contributed by atoms with Crippen molar-refractivity contribution in [2.45, 2.75) is 36.2 Å². The van der Waals surface area contributed by atoms with Gasteiger partial charge < -0.3 is 31.7 Å². The largest absolute Gasteiger partial charge is 0.480 e. The van der Waals surface area contributed by atoms with Gasteiger partial charge in [0.05, 0.1) is 10.5 Å². The molecule has 0 spiro atoms. The van der Waals surface area contributed by atoms with E-state index in [4.69, 9.17) is 5.73 Å². The Balaban J connectivity index is 1.32. The number of carbonyl (C=O) groups excluding carboxylic acids is 1. The molecule has 1 amide bonds. The second-order valence-electron chi connectivity index (χ2n) is 9.37. The number of carbonyl (C=O) groups is 2. The number of nitrogens with two attached hydrogens (primary N) is 1. The van der Waals surface area contributed by atoms with Crippen molar-refractivity contribution in [1.29, 1.82) is 0 Å². The van der Waals surface area contributed by atoms with E-state index in [1.54, 1.807) is 6.07 Å². The maximum absolute atomic E-state index is 14.9. The molecule has 0 bridgehead atoms. The van der Waals surface area contributed by atoms with Gasteiger partial charge in [-0.05, 0) is 61.7 Å². The Bertz CT molecular complexity index is 1330. The van der Waals surface area contributed by atoms with Gasteiger partial charge in [0.1, 0.15) is 11.9 Å². The van der Waals surface area contributed by atoms with E-state index in [0.717, 1.165) is 38.3 Å². The molecular formula is C25H32FN7O5S. The minimum Gasteiger partial charge on any atom is -0.480 e. The van der Waals surface area contributed by atoms with Gasteiger partial charge in [0.25, 0.3) is 5.91 Å². The summed E-state index contributed by atoms with van der Waals surface area (Å²) in [6.07, 6.45) is 2.70. The van der Waals surface area contributed by atoms with Crippen molar-refractivity contribution in [2.75, 3.05) is 43.4 Å². The van der Waals surface area contributed by atoms with Crippen LogP contribution in [0.5, 0.6) is 0 Å². The predicted molar refractivity (Wildman–Crippen MR) is 145 cm³/mol. The Labute approximate surface area is 225 Å². The number of amides is 1. The molecule has 0 saturated carbocycles. The molecule has 1 fully saturated rings. The summed E-state index contributed by atoms with van der Waals surface area (Å²) < 4.78 is 42.0. The maximum Gasteiger partial charge on any atom is 0.323 e. The lowest BCUT2D eigenvalue weighted by Crippen LogP contribution is -2.50. The first kappa shape index (κ1) is 28.1. The number of carboxylic acid groups (broad SMARTS) is 1. The van der Waals surface area contributed by atoms with Crippen LogP contribution in [0.25, 0.3) is 0 Å². The van der Waals surface area contributed by atoms with Crippen LogP contribution in [0.15, 0.2) is 52.4 Å². The summed E-state index contributed by atoms with van der Waals surface area (Å²) in [5.41, 5.74) is 6.26. The zero-order valence-electron chi connectivity index (χ0n) is 21.2. The van der Waals surface area contributed by atoms with E-state index in [2.05, 4.69) is 20.9 Å². The van der Waals surface area contributed by atoms with Gasteiger partial charge in [-0.15, -0.1) is 0 Å². The molecule has 14 heteroatoms. The molecule has 12 nitrogen and oxygen atoms in total. The van der Waals surface area contributed by atoms with Crippen LogP contribution >= 0.6 is 0 Å². The van der Waals surface area contributed by atoms with E-state index in [9.17, 15) is 27.5 Å². The number of hydrogen-bond acceptors (Lipinski definition) is 9. The van der Waals surface area contributed by atoms with E-state index in [-0.39, 0.29) is 16.5 Å². The number of halogens is 1. The van der Waals surface area contributed by atoms with Crippen LogP contribution in [-0.4, -0.2) is 76.2 Å². The summed E-state index contributed by atoms with van der Waals surface area (Å²) >= 11 is 0. The molecule has 0 aromatic heterocycles. The van der Waals surface area contributed by atoms with Gasteiger partial charge in [-0.2, -0.15) is 4.72 Å². The molecule has 0 aliphatic carbocycles. The summed E-state index contributed by atoms with van der Waals surface area (Å²) in [7, 11) is -4.20. The molecule has 2 aliphatic heterocycles. The predicted octanol–water partition coefficient (Wildman–Crippen LogP) is 0.477. The van der Waals surface area contributed by atoms with Gasteiger partial charge >= 0.3 is 5.97 Å². The number of guanidine groups is 1. The number of rotatable bonds is 9. The van der Waals surface area contributed by atoms with Crippen LogP contribution in [0.2, 0.25) is 0 Å². The third-order valence-corrected chi connectivity index (χ3v) is 8.04. The van der Waals surface area contributed by atoms with Gasteiger partial charge in [-0.3, -0.25) is 14.6 Å². The Morgan fingerprint density at radius 3 is 2.51 bits per heavy atom. The summed E-state index contributed by atoms with van der Waals surface area (Å²) in [6.45, 7) is 2.52. The van der Waals surface area contributed by atoms with E-state index in [1.807, 2.05) is 9.62 Å². The fraction of sp³-hybridized carbons (Fsp3) is 0.400. The van der Waals surface area contributed by atoms with Crippen molar-refractivity contribution in [3.63, 3.8) is 0 Å². The first-order valence-electron chi connectivity index (χ1n) is 12.6. The maximum atomic E-state index is 14.9.